The molecule has 0 aliphatic rings. The summed E-state index contributed by atoms with van der Waals surface area (Å²) in [5.41, 5.74) is 0.922. The number of thiazole rings is 1. The Labute approximate surface area is 102 Å². The van der Waals surface area contributed by atoms with Crippen molar-refractivity contribution in [3.05, 3.63) is 16.1 Å². The van der Waals surface area contributed by atoms with Crippen molar-refractivity contribution >= 4 is 11.3 Å². The van der Waals surface area contributed by atoms with Crippen molar-refractivity contribution in [2.45, 2.75) is 52.3 Å². The fourth-order valence-electron chi connectivity index (χ4n) is 1.11. The molecular formula is C12H22N2OS. The Bertz CT molecular complexity index is 339. The molecule has 0 fully saturated rings. The van der Waals surface area contributed by atoms with E-state index in [2.05, 4.69) is 36.5 Å². The number of ether oxygens (including phenoxy) is 1. The average molecular weight is 242 g/mol. The number of rotatable bonds is 4. The van der Waals surface area contributed by atoms with E-state index in [1.807, 2.05) is 13.8 Å². The Morgan fingerprint density at radius 1 is 1.31 bits per heavy atom. The zero-order valence-corrected chi connectivity index (χ0v) is 11.9. The van der Waals surface area contributed by atoms with Gasteiger partial charge in [-0.1, -0.05) is 0 Å². The zero-order valence-electron chi connectivity index (χ0n) is 11.0. The van der Waals surface area contributed by atoms with Crippen LogP contribution in [-0.4, -0.2) is 17.6 Å². The third kappa shape index (κ3) is 3.85. The number of aromatic nitrogens is 1. The largest absolute Gasteiger partial charge is 0.372 e. The van der Waals surface area contributed by atoms with E-state index in [4.69, 9.17) is 4.74 Å². The molecule has 0 bridgehead atoms. The van der Waals surface area contributed by atoms with Gasteiger partial charge in [0.05, 0.1) is 5.69 Å². The lowest BCUT2D eigenvalue weighted by Crippen LogP contribution is -2.35. The lowest BCUT2D eigenvalue weighted by molar-refractivity contribution is 0.0189. The molecule has 0 amide bonds. The second-order valence-electron chi connectivity index (χ2n) is 5.46. The third-order valence-electron chi connectivity index (χ3n) is 2.38. The van der Waals surface area contributed by atoms with Crippen molar-refractivity contribution in [1.29, 1.82) is 0 Å². The molecule has 1 aromatic heterocycles. The maximum Gasteiger partial charge on any atom is 0.124 e. The van der Waals surface area contributed by atoms with Crippen molar-refractivity contribution in [2.24, 2.45) is 0 Å². The molecule has 0 atom stereocenters. The molecule has 1 heterocycles. The van der Waals surface area contributed by atoms with Gasteiger partial charge >= 0.3 is 0 Å². The normalized spacial score (nSPS) is 13.1. The summed E-state index contributed by atoms with van der Waals surface area (Å²) in [6.07, 6.45) is 0. The highest BCUT2D eigenvalue weighted by molar-refractivity contribution is 7.09. The molecule has 1 N–H and O–H groups in total. The SMILES string of the molecule is COC(C)(C)c1nc(CNC(C)(C)C)cs1. The van der Waals surface area contributed by atoms with Gasteiger partial charge in [-0.25, -0.2) is 4.98 Å². The van der Waals surface area contributed by atoms with E-state index in [-0.39, 0.29) is 11.1 Å². The first-order valence-corrected chi connectivity index (χ1v) is 6.37. The van der Waals surface area contributed by atoms with Crippen LogP contribution in [0.15, 0.2) is 5.38 Å². The summed E-state index contributed by atoms with van der Waals surface area (Å²) in [4.78, 5) is 4.59. The summed E-state index contributed by atoms with van der Waals surface area (Å²) in [6, 6.07) is 0. The standard InChI is InChI=1S/C12H22N2OS/c1-11(2,3)13-7-9-8-16-10(14-9)12(4,5)15-6/h8,13H,7H2,1-6H3. The van der Waals surface area contributed by atoms with Crippen LogP contribution in [0.5, 0.6) is 0 Å². The molecule has 1 aromatic rings. The molecule has 16 heavy (non-hydrogen) atoms. The summed E-state index contributed by atoms with van der Waals surface area (Å²) in [6.45, 7) is 11.3. The maximum atomic E-state index is 5.41. The Hall–Kier alpha value is -0.450. The molecule has 0 unspecified atom stereocenters. The van der Waals surface area contributed by atoms with E-state index in [0.717, 1.165) is 17.2 Å². The summed E-state index contributed by atoms with van der Waals surface area (Å²) in [7, 11) is 1.72. The molecule has 0 saturated heterocycles. The predicted octanol–water partition coefficient (Wildman–Crippen LogP) is 2.91. The second-order valence-corrected chi connectivity index (χ2v) is 6.32. The van der Waals surface area contributed by atoms with Crippen LogP contribution in [0.3, 0.4) is 0 Å². The molecule has 0 aromatic carbocycles. The lowest BCUT2D eigenvalue weighted by Gasteiger charge is -2.20. The molecule has 3 nitrogen and oxygen atoms in total. The minimum absolute atomic E-state index is 0.126. The lowest BCUT2D eigenvalue weighted by atomic mass is 10.1. The van der Waals surface area contributed by atoms with Gasteiger partial charge in [0.2, 0.25) is 0 Å². The fraction of sp³-hybridized carbons (Fsp3) is 0.750. The summed E-state index contributed by atoms with van der Waals surface area (Å²) in [5.74, 6) is 0. The fourth-order valence-corrected chi connectivity index (χ4v) is 2.03. The summed E-state index contributed by atoms with van der Waals surface area (Å²) >= 11 is 1.66. The number of nitrogens with one attached hydrogen (secondary N) is 1. The van der Waals surface area contributed by atoms with E-state index in [9.17, 15) is 0 Å². The summed E-state index contributed by atoms with van der Waals surface area (Å²) in [5, 5.41) is 6.54. The minimum atomic E-state index is -0.287. The van der Waals surface area contributed by atoms with Crippen molar-refractivity contribution < 1.29 is 4.74 Å². The molecular weight excluding hydrogens is 220 g/mol. The minimum Gasteiger partial charge on any atom is -0.372 e. The molecule has 0 radical (unpaired) electrons. The predicted molar refractivity (Wildman–Crippen MR) is 68.7 cm³/mol. The first kappa shape index (κ1) is 13.6. The monoisotopic (exact) mass is 242 g/mol. The first-order chi connectivity index (χ1) is 7.24. The van der Waals surface area contributed by atoms with Crippen LogP contribution in [0.4, 0.5) is 0 Å². The Morgan fingerprint density at radius 2 is 1.94 bits per heavy atom. The van der Waals surface area contributed by atoms with Gasteiger partial charge in [0, 0.05) is 24.6 Å². The molecule has 0 aliphatic heterocycles. The second kappa shape index (κ2) is 4.82. The number of hydrogen-bond donors (Lipinski definition) is 1. The number of hydrogen-bond acceptors (Lipinski definition) is 4. The van der Waals surface area contributed by atoms with Crippen LogP contribution in [-0.2, 0) is 16.9 Å². The molecule has 0 spiro atoms. The van der Waals surface area contributed by atoms with Gasteiger partial charge in [-0.2, -0.15) is 0 Å². The third-order valence-corrected chi connectivity index (χ3v) is 3.57. The molecule has 4 heteroatoms. The molecule has 0 aliphatic carbocycles. The van der Waals surface area contributed by atoms with E-state index < -0.39 is 0 Å². The average Bonchev–Trinajstić information content (AvgIpc) is 2.62. The van der Waals surface area contributed by atoms with Crippen molar-refractivity contribution in [1.82, 2.24) is 10.3 Å². The van der Waals surface area contributed by atoms with Gasteiger partial charge in [0.1, 0.15) is 10.6 Å². The Kier molecular flexibility index (Phi) is 4.10. The van der Waals surface area contributed by atoms with Crippen LogP contribution in [0.25, 0.3) is 0 Å². The van der Waals surface area contributed by atoms with E-state index >= 15 is 0 Å². The van der Waals surface area contributed by atoms with Gasteiger partial charge < -0.3 is 10.1 Å². The van der Waals surface area contributed by atoms with Gasteiger partial charge in [0.15, 0.2) is 0 Å². The maximum absolute atomic E-state index is 5.41. The quantitative estimate of drug-likeness (QED) is 0.881. The van der Waals surface area contributed by atoms with E-state index in [0.29, 0.717) is 0 Å². The molecule has 92 valence electrons. The Balaban J connectivity index is 2.66. The van der Waals surface area contributed by atoms with Gasteiger partial charge in [-0.3, -0.25) is 0 Å². The Morgan fingerprint density at radius 3 is 2.44 bits per heavy atom. The zero-order chi connectivity index (χ0) is 12.4. The number of methoxy groups -OCH3 is 1. The van der Waals surface area contributed by atoms with Crippen LogP contribution in [0, 0.1) is 0 Å². The highest BCUT2D eigenvalue weighted by Gasteiger charge is 2.23. The number of nitrogens with zero attached hydrogens (tertiary/aromatic N) is 1. The first-order valence-electron chi connectivity index (χ1n) is 5.50. The van der Waals surface area contributed by atoms with Crippen molar-refractivity contribution in [3.63, 3.8) is 0 Å². The molecule has 1 rings (SSSR count). The smallest absolute Gasteiger partial charge is 0.124 e. The molecule has 0 saturated carbocycles. The van der Waals surface area contributed by atoms with Crippen molar-refractivity contribution in [3.8, 4) is 0 Å². The van der Waals surface area contributed by atoms with Crippen LogP contribution in [0.2, 0.25) is 0 Å². The van der Waals surface area contributed by atoms with Crippen LogP contribution < -0.4 is 5.32 Å². The highest BCUT2D eigenvalue weighted by atomic mass is 32.1. The van der Waals surface area contributed by atoms with E-state index in [1.54, 1.807) is 18.4 Å². The topological polar surface area (TPSA) is 34.1 Å². The van der Waals surface area contributed by atoms with Crippen molar-refractivity contribution in [2.75, 3.05) is 7.11 Å². The highest BCUT2D eigenvalue weighted by Crippen LogP contribution is 2.26. The van der Waals surface area contributed by atoms with Gasteiger partial charge in [-0.15, -0.1) is 11.3 Å². The van der Waals surface area contributed by atoms with E-state index in [1.165, 1.54) is 0 Å². The van der Waals surface area contributed by atoms with Crippen LogP contribution in [0.1, 0.15) is 45.3 Å². The van der Waals surface area contributed by atoms with Gasteiger partial charge in [0.25, 0.3) is 0 Å². The van der Waals surface area contributed by atoms with Crippen LogP contribution >= 0.6 is 11.3 Å². The van der Waals surface area contributed by atoms with Gasteiger partial charge in [-0.05, 0) is 34.6 Å². The summed E-state index contributed by atoms with van der Waals surface area (Å²) < 4.78 is 5.41.